The Bertz CT molecular complexity index is 358. The van der Waals surface area contributed by atoms with Gasteiger partial charge < -0.3 is 15.0 Å². The molecule has 0 aromatic carbocycles. The van der Waals surface area contributed by atoms with Gasteiger partial charge in [0.25, 0.3) is 0 Å². The zero-order valence-corrected chi connectivity index (χ0v) is 9.97. The number of ether oxygens (including phenoxy) is 1. The third-order valence-corrected chi connectivity index (χ3v) is 2.81. The van der Waals surface area contributed by atoms with Gasteiger partial charge in [-0.3, -0.25) is 0 Å². The number of aromatic nitrogens is 2. The summed E-state index contributed by atoms with van der Waals surface area (Å²) in [6.07, 6.45) is 1.85. The number of anilines is 2. The molecule has 0 amide bonds. The molecular weight excluding hydrogens is 204 g/mol. The van der Waals surface area contributed by atoms with E-state index in [1.807, 2.05) is 13.1 Å². The van der Waals surface area contributed by atoms with Gasteiger partial charge in [-0.05, 0) is 13.8 Å². The summed E-state index contributed by atoms with van der Waals surface area (Å²) in [4.78, 5) is 10.7. The molecule has 1 fully saturated rings. The van der Waals surface area contributed by atoms with Crippen molar-refractivity contribution in [1.29, 1.82) is 0 Å². The summed E-state index contributed by atoms with van der Waals surface area (Å²) >= 11 is 0. The lowest BCUT2D eigenvalue weighted by Gasteiger charge is -2.37. The van der Waals surface area contributed by atoms with E-state index in [9.17, 15) is 0 Å². The molecule has 1 aromatic heterocycles. The maximum Gasteiger partial charge on any atom is 0.134 e. The number of nitrogens with one attached hydrogen (secondary N) is 1. The molecule has 1 aromatic rings. The Morgan fingerprint density at radius 2 is 2.25 bits per heavy atom. The van der Waals surface area contributed by atoms with Crippen LogP contribution >= 0.6 is 0 Å². The highest BCUT2D eigenvalue weighted by atomic mass is 16.5. The van der Waals surface area contributed by atoms with Gasteiger partial charge in [-0.15, -0.1) is 0 Å². The van der Waals surface area contributed by atoms with Crippen molar-refractivity contribution < 1.29 is 4.74 Å². The first-order valence-corrected chi connectivity index (χ1v) is 5.58. The summed E-state index contributed by atoms with van der Waals surface area (Å²) < 4.78 is 5.60. The molecule has 5 nitrogen and oxygen atoms in total. The Kier molecular flexibility index (Phi) is 3.24. The second-order valence-electron chi connectivity index (χ2n) is 4.16. The van der Waals surface area contributed by atoms with Gasteiger partial charge in [0.2, 0.25) is 0 Å². The molecule has 1 aliphatic heterocycles. The lowest BCUT2D eigenvalue weighted by molar-refractivity contribution is 0.0340. The van der Waals surface area contributed by atoms with Gasteiger partial charge in [0.05, 0.1) is 18.8 Å². The Morgan fingerprint density at radius 1 is 1.44 bits per heavy atom. The highest BCUT2D eigenvalue weighted by Crippen LogP contribution is 2.20. The summed E-state index contributed by atoms with van der Waals surface area (Å²) in [6.45, 7) is 5.85. The van der Waals surface area contributed by atoms with Crippen LogP contribution < -0.4 is 10.2 Å². The molecule has 0 aliphatic carbocycles. The minimum absolute atomic E-state index is 0.254. The molecule has 5 heteroatoms. The average Bonchev–Trinajstić information content (AvgIpc) is 2.32. The van der Waals surface area contributed by atoms with Crippen LogP contribution in [0.5, 0.6) is 0 Å². The molecule has 16 heavy (non-hydrogen) atoms. The molecular formula is C11H18N4O. The fourth-order valence-corrected chi connectivity index (χ4v) is 1.86. The first kappa shape index (κ1) is 11.1. The zero-order chi connectivity index (χ0) is 11.5. The van der Waals surface area contributed by atoms with Crippen LogP contribution in [0, 0.1) is 0 Å². The molecule has 2 heterocycles. The number of morpholine rings is 1. The molecule has 0 radical (unpaired) electrons. The molecule has 88 valence electrons. The quantitative estimate of drug-likeness (QED) is 0.813. The maximum absolute atomic E-state index is 5.60. The van der Waals surface area contributed by atoms with Gasteiger partial charge in [-0.1, -0.05) is 0 Å². The number of hydrogen-bond acceptors (Lipinski definition) is 5. The van der Waals surface area contributed by atoms with Crippen LogP contribution in [0.2, 0.25) is 0 Å². The molecule has 0 saturated carbocycles. The van der Waals surface area contributed by atoms with Crippen molar-refractivity contribution >= 4 is 11.6 Å². The fraction of sp³-hybridized carbons (Fsp3) is 0.636. The summed E-state index contributed by atoms with van der Waals surface area (Å²) in [5, 5.41) is 3.02. The smallest absolute Gasteiger partial charge is 0.134 e. The molecule has 1 saturated heterocycles. The van der Waals surface area contributed by atoms with E-state index >= 15 is 0 Å². The largest absolute Gasteiger partial charge is 0.375 e. The fourth-order valence-electron chi connectivity index (χ4n) is 1.86. The van der Waals surface area contributed by atoms with E-state index in [1.165, 1.54) is 0 Å². The van der Waals surface area contributed by atoms with Gasteiger partial charge in [0.15, 0.2) is 0 Å². The van der Waals surface area contributed by atoms with Crippen LogP contribution in [-0.4, -0.2) is 42.3 Å². The van der Waals surface area contributed by atoms with E-state index in [-0.39, 0.29) is 6.10 Å². The molecule has 0 spiro atoms. The van der Waals surface area contributed by atoms with Crippen molar-refractivity contribution in [3.8, 4) is 0 Å². The van der Waals surface area contributed by atoms with Crippen molar-refractivity contribution in [2.75, 3.05) is 30.4 Å². The summed E-state index contributed by atoms with van der Waals surface area (Å²) in [5.41, 5.74) is 0. The van der Waals surface area contributed by atoms with E-state index in [4.69, 9.17) is 4.74 Å². The second-order valence-corrected chi connectivity index (χ2v) is 4.16. The molecule has 0 bridgehead atoms. The number of nitrogens with zero attached hydrogens (tertiary/aromatic N) is 3. The number of hydrogen-bond donors (Lipinski definition) is 1. The zero-order valence-electron chi connectivity index (χ0n) is 9.97. The second kappa shape index (κ2) is 4.65. The van der Waals surface area contributed by atoms with Crippen LogP contribution in [0.3, 0.4) is 0 Å². The number of rotatable bonds is 2. The van der Waals surface area contributed by atoms with E-state index in [2.05, 4.69) is 34.0 Å². The Balaban J connectivity index is 2.20. The predicted molar refractivity (Wildman–Crippen MR) is 63.8 cm³/mol. The lowest BCUT2D eigenvalue weighted by Crippen LogP contribution is -2.47. The van der Waals surface area contributed by atoms with Gasteiger partial charge in [0.1, 0.15) is 18.0 Å². The SMILES string of the molecule is CNc1cc(N2CC(C)OCC2C)ncn1. The summed E-state index contributed by atoms with van der Waals surface area (Å²) in [6, 6.07) is 2.32. The Labute approximate surface area is 95.8 Å². The minimum atomic E-state index is 0.254. The Hall–Kier alpha value is -1.36. The topological polar surface area (TPSA) is 50.3 Å². The maximum atomic E-state index is 5.60. The molecule has 1 aliphatic rings. The molecule has 2 atom stereocenters. The van der Waals surface area contributed by atoms with Gasteiger partial charge in [-0.2, -0.15) is 0 Å². The van der Waals surface area contributed by atoms with Crippen LogP contribution in [-0.2, 0) is 4.74 Å². The third-order valence-electron chi connectivity index (χ3n) is 2.81. The van der Waals surface area contributed by atoms with E-state index in [1.54, 1.807) is 6.33 Å². The van der Waals surface area contributed by atoms with Crippen LogP contribution in [0.15, 0.2) is 12.4 Å². The van der Waals surface area contributed by atoms with Gasteiger partial charge in [-0.25, -0.2) is 9.97 Å². The normalized spacial score (nSPS) is 25.6. The molecule has 1 N–H and O–H groups in total. The van der Waals surface area contributed by atoms with E-state index in [0.29, 0.717) is 6.04 Å². The van der Waals surface area contributed by atoms with Crippen molar-refractivity contribution in [2.24, 2.45) is 0 Å². The Morgan fingerprint density at radius 3 is 3.00 bits per heavy atom. The highest BCUT2D eigenvalue weighted by molar-refractivity contribution is 5.49. The lowest BCUT2D eigenvalue weighted by atomic mass is 10.2. The standard InChI is InChI=1S/C11H18N4O/c1-8-6-16-9(2)5-15(8)11-4-10(12-3)13-7-14-11/h4,7-9H,5-6H2,1-3H3,(H,12,13,14). The van der Waals surface area contributed by atoms with Crippen molar-refractivity contribution in [3.63, 3.8) is 0 Å². The van der Waals surface area contributed by atoms with E-state index in [0.717, 1.165) is 24.8 Å². The first-order valence-electron chi connectivity index (χ1n) is 5.58. The van der Waals surface area contributed by atoms with Gasteiger partial charge in [0, 0.05) is 19.7 Å². The van der Waals surface area contributed by atoms with Crippen molar-refractivity contribution in [3.05, 3.63) is 12.4 Å². The van der Waals surface area contributed by atoms with Crippen molar-refractivity contribution in [1.82, 2.24) is 9.97 Å². The summed E-state index contributed by atoms with van der Waals surface area (Å²) in [5.74, 6) is 1.80. The first-order chi connectivity index (χ1) is 7.70. The summed E-state index contributed by atoms with van der Waals surface area (Å²) in [7, 11) is 1.86. The van der Waals surface area contributed by atoms with E-state index < -0.39 is 0 Å². The highest BCUT2D eigenvalue weighted by Gasteiger charge is 2.24. The van der Waals surface area contributed by atoms with Crippen molar-refractivity contribution in [2.45, 2.75) is 26.0 Å². The predicted octanol–water partition coefficient (Wildman–Crippen LogP) is 1.13. The third kappa shape index (κ3) is 2.24. The van der Waals surface area contributed by atoms with Crippen LogP contribution in [0.4, 0.5) is 11.6 Å². The van der Waals surface area contributed by atoms with Gasteiger partial charge >= 0.3 is 0 Å². The molecule has 2 unspecified atom stereocenters. The molecule has 2 rings (SSSR count). The minimum Gasteiger partial charge on any atom is -0.375 e. The van der Waals surface area contributed by atoms with Crippen LogP contribution in [0.25, 0.3) is 0 Å². The monoisotopic (exact) mass is 222 g/mol. The van der Waals surface area contributed by atoms with Crippen LogP contribution in [0.1, 0.15) is 13.8 Å². The average molecular weight is 222 g/mol.